The number of aryl methyl sites for hydroxylation is 1. The molecule has 3 N–H and O–H groups in total. The molecule has 4 saturated carbocycles. The highest BCUT2D eigenvalue weighted by atomic mass is 16.1. The standard InChI is InChI=1S/C17H24N2O/c1-9-2-15(19-17(20)14(9)8-18)16-12-4-10-3-11(6-12)7-13(16)5-10/h2,10-13,16H,3-8,18H2,1H3,(H,19,20). The fourth-order valence-corrected chi connectivity index (χ4v) is 5.61. The topological polar surface area (TPSA) is 58.9 Å². The molecule has 0 unspecified atom stereocenters. The van der Waals surface area contributed by atoms with Crippen molar-refractivity contribution in [2.45, 2.75) is 51.5 Å². The minimum Gasteiger partial charge on any atom is -0.326 e. The van der Waals surface area contributed by atoms with Gasteiger partial charge in [-0.05, 0) is 74.3 Å². The van der Waals surface area contributed by atoms with Gasteiger partial charge in [0.2, 0.25) is 0 Å². The van der Waals surface area contributed by atoms with Gasteiger partial charge in [0.15, 0.2) is 0 Å². The third-order valence-electron chi connectivity index (χ3n) is 6.17. The summed E-state index contributed by atoms with van der Waals surface area (Å²) in [6.07, 6.45) is 7.02. The van der Waals surface area contributed by atoms with E-state index in [4.69, 9.17) is 5.73 Å². The van der Waals surface area contributed by atoms with Crippen LogP contribution in [-0.4, -0.2) is 4.98 Å². The summed E-state index contributed by atoms with van der Waals surface area (Å²) >= 11 is 0. The van der Waals surface area contributed by atoms with E-state index in [1.54, 1.807) is 0 Å². The highest BCUT2D eigenvalue weighted by molar-refractivity contribution is 5.28. The van der Waals surface area contributed by atoms with Crippen LogP contribution in [0.15, 0.2) is 10.9 Å². The van der Waals surface area contributed by atoms with Gasteiger partial charge in [0.1, 0.15) is 0 Å². The van der Waals surface area contributed by atoms with E-state index in [1.807, 2.05) is 6.92 Å². The Labute approximate surface area is 120 Å². The summed E-state index contributed by atoms with van der Waals surface area (Å²) in [6, 6.07) is 2.20. The second kappa shape index (κ2) is 4.45. The van der Waals surface area contributed by atoms with Crippen molar-refractivity contribution in [3.8, 4) is 0 Å². The van der Waals surface area contributed by atoms with Crippen LogP contribution in [0.5, 0.6) is 0 Å². The summed E-state index contributed by atoms with van der Waals surface area (Å²) in [5.41, 5.74) is 8.72. The number of hydrogen-bond acceptors (Lipinski definition) is 2. The number of H-pyrrole nitrogens is 1. The first-order valence-corrected chi connectivity index (χ1v) is 8.08. The van der Waals surface area contributed by atoms with Gasteiger partial charge >= 0.3 is 0 Å². The van der Waals surface area contributed by atoms with Crippen molar-refractivity contribution in [1.29, 1.82) is 0 Å². The molecule has 3 nitrogen and oxygen atoms in total. The van der Waals surface area contributed by atoms with E-state index in [0.29, 0.717) is 12.5 Å². The van der Waals surface area contributed by atoms with Gasteiger partial charge in [0.05, 0.1) is 0 Å². The zero-order chi connectivity index (χ0) is 13.9. The Balaban J connectivity index is 1.73. The van der Waals surface area contributed by atoms with Crippen LogP contribution in [0.1, 0.15) is 54.8 Å². The largest absolute Gasteiger partial charge is 0.326 e. The van der Waals surface area contributed by atoms with Gasteiger partial charge in [-0.1, -0.05) is 0 Å². The van der Waals surface area contributed by atoms with Crippen molar-refractivity contribution in [3.63, 3.8) is 0 Å². The summed E-state index contributed by atoms with van der Waals surface area (Å²) in [7, 11) is 0. The molecule has 108 valence electrons. The van der Waals surface area contributed by atoms with Crippen LogP contribution in [0.2, 0.25) is 0 Å². The lowest BCUT2D eigenvalue weighted by atomic mass is 9.51. The molecule has 0 aromatic carbocycles. The molecule has 0 aliphatic heterocycles. The third kappa shape index (κ3) is 1.79. The maximum Gasteiger partial charge on any atom is 0.252 e. The van der Waals surface area contributed by atoms with Gasteiger partial charge in [-0.25, -0.2) is 0 Å². The Morgan fingerprint density at radius 1 is 1.15 bits per heavy atom. The molecule has 0 radical (unpaired) electrons. The predicted molar refractivity (Wildman–Crippen MR) is 79.5 cm³/mol. The smallest absolute Gasteiger partial charge is 0.252 e. The number of aromatic nitrogens is 1. The Hall–Kier alpha value is -1.09. The van der Waals surface area contributed by atoms with Crippen LogP contribution in [-0.2, 0) is 6.54 Å². The number of aromatic amines is 1. The van der Waals surface area contributed by atoms with Crippen LogP contribution in [0, 0.1) is 30.6 Å². The van der Waals surface area contributed by atoms with Crippen LogP contribution in [0.3, 0.4) is 0 Å². The van der Waals surface area contributed by atoms with Crippen molar-refractivity contribution in [1.82, 2.24) is 4.98 Å². The van der Waals surface area contributed by atoms with Gasteiger partial charge in [-0.15, -0.1) is 0 Å². The quantitative estimate of drug-likeness (QED) is 0.869. The Bertz CT molecular complexity index is 561. The van der Waals surface area contributed by atoms with E-state index in [9.17, 15) is 4.79 Å². The van der Waals surface area contributed by atoms with Gasteiger partial charge in [-0.3, -0.25) is 4.79 Å². The molecule has 0 atom stereocenters. The molecule has 5 rings (SSSR count). The second-order valence-electron chi connectivity index (χ2n) is 7.38. The van der Waals surface area contributed by atoms with E-state index >= 15 is 0 Å². The first-order chi connectivity index (χ1) is 9.65. The number of nitrogens with two attached hydrogens (primary N) is 1. The van der Waals surface area contributed by atoms with E-state index in [0.717, 1.165) is 34.8 Å². The highest BCUT2D eigenvalue weighted by Gasteiger charge is 2.48. The van der Waals surface area contributed by atoms with E-state index in [-0.39, 0.29) is 5.56 Å². The predicted octanol–water partition coefficient (Wildman–Crippen LogP) is 2.68. The molecule has 4 aliphatic carbocycles. The molecule has 20 heavy (non-hydrogen) atoms. The number of hydrogen-bond donors (Lipinski definition) is 2. The monoisotopic (exact) mass is 272 g/mol. The third-order valence-corrected chi connectivity index (χ3v) is 6.17. The van der Waals surface area contributed by atoms with E-state index in [1.165, 1.54) is 37.8 Å². The number of rotatable bonds is 2. The minimum atomic E-state index is 0.0382. The molecule has 1 aromatic rings. The zero-order valence-corrected chi connectivity index (χ0v) is 12.2. The fourth-order valence-electron chi connectivity index (χ4n) is 5.61. The number of nitrogens with one attached hydrogen (secondary N) is 1. The molecule has 0 amide bonds. The van der Waals surface area contributed by atoms with Gasteiger partial charge in [0, 0.05) is 23.7 Å². The molecule has 4 bridgehead atoms. The molecule has 4 fully saturated rings. The summed E-state index contributed by atoms with van der Waals surface area (Å²) in [5.74, 6) is 4.17. The number of pyridine rings is 1. The van der Waals surface area contributed by atoms with Crippen molar-refractivity contribution in [2.75, 3.05) is 0 Å². The summed E-state index contributed by atoms with van der Waals surface area (Å²) in [6.45, 7) is 2.36. The molecule has 0 spiro atoms. The zero-order valence-electron chi connectivity index (χ0n) is 12.2. The average molecular weight is 272 g/mol. The SMILES string of the molecule is Cc1cc(C2C3CC4CC(C3)CC2C4)[nH]c(=O)c1CN. The summed E-state index contributed by atoms with van der Waals surface area (Å²) < 4.78 is 0. The van der Waals surface area contributed by atoms with Crippen LogP contribution >= 0.6 is 0 Å². The van der Waals surface area contributed by atoms with Crippen LogP contribution in [0.25, 0.3) is 0 Å². The lowest BCUT2D eigenvalue weighted by Gasteiger charge is -2.54. The normalized spacial score (nSPS) is 38.4. The van der Waals surface area contributed by atoms with Crippen molar-refractivity contribution >= 4 is 0 Å². The van der Waals surface area contributed by atoms with Crippen LogP contribution in [0.4, 0.5) is 0 Å². The molecule has 0 saturated heterocycles. The molecular weight excluding hydrogens is 248 g/mol. The maximum absolute atomic E-state index is 12.2. The molecule has 4 aliphatic rings. The first kappa shape index (κ1) is 12.6. The Kier molecular flexibility index (Phi) is 2.81. The minimum absolute atomic E-state index is 0.0382. The van der Waals surface area contributed by atoms with Crippen molar-refractivity contribution < 1.29 is 0 Å². The first-order valence-electron chi connectivity index (χ1n) is 8.08. The van der Waals surface area contributed by atoms with Crippen molar-refractivity contribution in [3.05, 3.63) is 33.2 Å². The lowest BCUT2D eigenvalue weighted by Crippen LogP contribution is -2.44. The average Bonchev–Trinajstić information content (AvgIpc) is 2.37. The lowest BCUT2D eigenvalue weighted by molar-refractivity contribution is -0.00423. The van der Waals surface area contributed by atoms with Gasteiger partial charge in [-0.2, -0.15) is 0 Å². The summed E-state index contributed by atoms with van der Waals surface area (Å²) in [4.78, 5) is 15.4. The van der Waals surface area contributed by atoms with E-state index < -0.39 is 0 Å². The molecule has 3 heteroatoms. The summed E-state index contributed by atoms with van der Waals surface area (Å²) in [5, 5.41) is 0. The second-order valence-corrected chi connectivity index (χ2v) is 7.38. The van der Waals surface area contributed by atoms with Crippen molar-refractivity contribution in [2.24, 2.45) is 29.4 Å². The van der Waals surface area contributed by atoms with Gasteiger partial charge in [0.25, 0.3) is 5.56 Å². The molecular formula is C17H24N2O. The highest BCUT2D eigenvalue weighted by Crippen LogP contribution is 2.59. The van der Waals surface area contributed by atoms with Crippen LogP contribution < -0.4 is 11.3 Å². The Morgan fingerprint density at radius 3 is 2.25 bits per heavy atom. The Morgan fingerprint density at radius 2 is 1.75 bits per heavy atom. The van der Waals surface area contributed by atoms with Gasteiger partial charge < -0.3 is 10.7 Å². The molecule has 1 heterocycles. The van der Waals surface area contributed by atoms with E-state index in [2.05, 4.69) is 11.1 Å². The molecule has 1 aromatic heterocycles. The maximum atomic E-state index is 12.2. The fraction of sp³-hybridized carbons (Fsp3) is 0.706.